The lowest BCUT2D eigenvalue weighted by Crippen LogP contribution is -2.15. The van der Waals surface area contributed by atoms with E-state index in [0.29, 0.717) is 24.3 Å². The van der Waals surface area contributed by atoms with E-state index in [4.69, 9.17) is 0 Å². The molecule has 1 aromatic rings. The second kappa shape index (κ2) is 7.49. The van der Waals surface area contributed by atoms with Crippen molar-refractivity contribution in [3.63, 3.8) is 0 Å². The second-order valence-corrected chi connectivity index (χ2v) is 6.60. The van der Waals surface area contributed by atoms with Crippen LogP contribution in [-0.2, 0) is 6.18 Å². The zero-order valence-electron chi connectivity index (χ0n) is 13.8. The fourth-order valence-corrected chi connectivity index (χ4v) is 3.15. The monoisotopic (exact) mass is 344 g/mol. The van der Waals surface area contributed by atoms with Crippen LogP contribution in [0, 0.1) is 17.6 Å². The molecule has 0 radical (unpaired) electrons. The fourth-order valence-electron chi connectivity index (χ4n) is 3.15. The predicted octanol–water partition coefficient (Wildman–Crippen LogP) is 6.78. The largest absolute Gasteiger partial charge is 0.422 e. The first kappa shape index (κ1) is 18.7. The zero-order chi connectivity index (χ0) is 17.9. The van der Waals surface area contributed by atoms with Gasteiger partial charge in [-0.25, -0.2) is 8.78 Å². The molecule has 1 fully saturated rings. The number of halogens is 5. The smallest absolute Gasteiger partial charge is 0.206 e. The molecule has 0 nitrogen and oxygen atoms in total. The Morgan fingerprint density at radius 1 is 1.00 bits per heavy atom. The van der Waals surface area contributed by atoms with Crippen molar-refractivity contribution in [2.45, 2.75) is 51.6 Å². The third kappa shape index (κ3) is 4.68. The molecule has 0 atom stereocenters. The summed E-state index contributed by atoms with van der Waals surface area (Å²) in [6, 6.07) is 1.69. The Hall–Kier alpha value is -1.65. The Labute approximate surface area is 139 Å². The SMILES string of the molecule is CC(C)=CC=CC1CCC(c2cc(F)c(C(F)(F)F)c(F)c2)CC1. The first-order valence-electron chi connectivity index (χ1n) is 8.06. The normalized spacial score (nSPS) is 22.0. The lowest BCUT2D eigenvalue weighted by atomic mass is 9.78. The topological polar surface area (TPSA) is 0 Å². The first-order valence-corrected chi connectivity index (χ1v) is 8.06. The van der Waals surface area contributed by atoms with Crippen molar-refractivity contribution >= 4 is 0 Å². The maximum atomic E-state index is 13.7. The highest BCUT2D eigenvalue weighted by Gasteiger charge is 2.38. The van der Waals surface area contributed by atoms with Gasteiger partial charge in [0.05, 0.1) is 0 Å². The van der Waals surface area contributed by atoms with Gasteiger partial charge in [-0.05, 0) is 69.1 Å². The van der Waals surface area contributed by atoms with Gasteiger partial charge in [-0.1, -0.05) is 23.8 Å². The maximum absolute atomic E-state index is 13.7. The molecule has 0 aromatic heterocycles. The molecule has 1 saturated carbocycles. The summed E-state index contributed by atoms with van der Waals surface area (Å²) >= 11 is 0. The van der Waals surface area contributed by atoms with Gasteiger partial charge in [-0.3, -0.25) is 0 Å². The Balaban J connectivity index is 2.07. The van der Waals surface area contributed by atoms with Crippen molar-refractivity contribution in [1.82, 2.24) is 0 Å². The van der Waals surface area contributed by atoms with E-state index >= 15 is 0 Å². The molecular weight excluding hydrogens is 323 g/mol. The van der Waals surface area contributed by atoms with Crippen LogP contribution in [0.5, 0.6) is 0 Å². The molecule has 1 aliphatic carbocycles. The summed E-state index contributed by atoms with van der Waals surface area (Å²) in [5, 5.41) is 0. The molecule has 0 aliphatic heterocycles. The number of hydrogen-bond donors (Lipinski definition) is 0. The van der Waals surface area contributed by atoms with Crippen molar-refractivity contribution < 1.29 is 22.0 Å². The number of hydrogen-bond acceptors (Lipinski definition) is 0. The van der Waals surface area contributed by atoms with E-state index in [-0.39, 0.29) is 5.92 Å². The Kier molecular flexibility index (Phi) is 5.83. The van der Waals surface area contributed by atoms with Crippen LogP contribution in [0.3, 0.4) is 0 Å². The molecule has 0 N–H and O–H groups in total. The average molecular weight is 344 g/mol. The van der Waals surface area contributed by atoms with Crippen LogP contribution in [0.15, 0.2) is 35.9 Å². The zero-order valence-corrected chi connectivity index (χ0v) is 13.8. The van der Waals surface area contributed by atoms with E-state index < -0.39 is 23.4 Å². The maximum Gasteiger partial charge on any atom is 0.422 e. The number of rotatable bonds is 3. The van der Waals surface area contributed by atoms with E-state index in [2.05, 4.69) is 6.08 Å². The highest BCUT2D eigenvalue weighted by Crippen LogP contribution is 2.39. The standard InChI is InChI=1S/C19H21F5/c1-12(2)4-3-5-13-6-8-14(9-7-13)15-10-16(20)18(17(21)11-15)19(22,23)24/h3-5,10-11,13-14H,6-9H2,1-2H3. The molecule has 0 bridgehead atoms. The van der Waals surface area contributed by atoms with Crippen LogP contribution in [0.2, 0.25) is 0 Å². The summed E-state index contributed by atoms with van der Waals surface area (Å²) < 4.78 is 65.3. The van der Waals surface area contributed by atoms with E-state index in [1.165, 1.54) is 5.57 Å². The summed E-state index contributed by atoms with van der Waals surface area (Å²) in [7, 11) is 0. The van der Waals surface area contributed by atoms with Gasteiger partial charge in [0, 0.05) is 0 Å². The lowest BCUT2D eigenvalue weighted by molar-refractivity contribution is -0.142. The van der Waals surface area contributed by atoms with Crippen molar-refractivity contribution in [2.24, 2.45) is 5.92 Å². The molecular formula is C19H21F5. The van der Waals surface area contributed by atoms with Crippen LogP contribution < -0.4 is 0 Å². The van der Waals surface area contributed by atoms with Crippen molar-refractivity contribution in [1.29, 1.82) is 0 Å². The van der Waals surface area contributed by atoms with E-state index in [9.17, 15) is 22.0 Å². The third-order valence-corrected chi connectivity index (χ3v) is 4.40. The lowest BCUT2D eigenvalue weighted by Gasteiger charge is -2.27. The van der Waals surface area contributed by atoms with Crippen molar-refractivity contribution in [2.75, 3.05) is 0 Å². The van der Waals surface area contributed by atoms with E-state index in [0.717, 1.165) is 25.0 Å². The van der Waals surface area contributed by atoms with Gasteiger partial charge in [0.1, 0.15) is 17.2 Å². The Morgan fingerprint density at radius 2 is 1.54 bits per heavy atom. The molecule has 0 amide bonds. The molecule has 0 heterocycles. The molecule has 2 rings (SSSR count). The molecule has 1 aromatic carbocycles. The van der Waals surface area contributed by atoms with Crippen LogP contribution >= 0.6 is 0 Å². The van der Waals surface area contributed by atoms with Gasteiger partial charge < -0.3 is 0 Å². The quantitative estimate of drug-likeness (QED) is 0.419. The van der Waals surface area contributed by atoms with Crippen LogP contribution in [0.1, 0.15) is 56.6 Å². The molecule has 132 valence electrons. The Bertz CT molecular complexity index is 605. The minimum atomic E-state index is -5.01. The fraction of sp³-hybridized carbons (Fsp3) is 0.474. The molecule has 1 aliphatic rings. The molecule has 24 heavy (non-hydrogen) atoms. The molecule has 0 spiro atoms. The summed E-state index contributed by atoms with van der Waals surface area (Å²) in [6.07, 6.45) is 4.30. The summed E-state index contributed by atoms with van der Waals surface area (Å²) in [4.78, 5) is 0. The van der Waals surface area contributed by atoms with Crippen molar-refractivity contribution in [3.8, 4) is 0 Å². The van der Waals surface area contributed by atoms with Gasteiger partial charge >= 0.3 is 6.18 Å². The van der Waals surface area contributed by atoms with Gasteiger partial charge in [-0.15, -0.1) is 0 Å². The minimum Gasteiger partial charge on any atom is -0.206 e. The van der Waals surface area contributed by atoms with E-state index in [1.54, 1.807) is 0 Å². The highest BCUT2D eigenvalue weighted by atomic mass is 19.4. The highest BCUT2D eigenvalue weighted by molar-refractivity contribution is 5.31. The molecule has 0 saturated heterocycles. The minimum absolute atomic E-state index is 0.0932. The van der Waals surface area contributed by atoms with Crippen molar-refractivity contribution in [3.05, 3.63) is 58.7 Å². The van der Waals surface area contributed by atoms with Gasteiger partial charge in [0.2, 0.25) is 0 Å². The van der Waals surface area contributed by atoms with Gasteiger partial charge in [-0.2, -0.15) is 13.2 Å². The third-order valence-electron chi connectivity index (χ3n) is 4.40. The Morgan fingerprint density at radius 3 is 2.00 bits per heavy atom. The second-order valence-electron chi connectivity index (χ2n) is 6.60. The summed E-state index contributed by atoms with van der Waals surface area (Å²) in [6.45, 7) is 4.02. The van der Waals surface area contributed by atoms with Gasteiger partial charge in [0.15, 0.2) is 0 Å². The molecule has 5 heteroatoms. The van der Waals surface area contributed by atoms with Crippen LogP contribution in [-0.4, -0.2) is 0 Å². The van der Waals surface area contributed by atoms with Crippen LogP contribution in [0.4, 0.5) is 22.0 Å². The van der Waals surface area contributed by atoms with Crippen LogP contribution in [0.25, 0.3) is 0 Å². The number of allylic oxidation sites excluding steroid dienone is 4. The summed E-state index contributed by atoms with van der Waals surface area (Å²) in [5.41, 5.74) is -0.273. The number of alkyl halides is 3. The first-order chi connectivity index (χ1) is 11.2. The van der Waals surface area contributed by atoms with Gasteiger partial charge in [0.25, 0.3) is 0 Å². The predicted molar refractivity (Wildman–Crippen MR) is 84.6 cm³/mol. The number of benzene rings is 1. The summed E-state index contributed by atoms with van der Waals surface area (Å²) in [5.74, 6) is -2.74. The van der Waals surface area contributed by atoms with E-state index in [1.807, 2.05) is 26.0 Å². The molecule has 0 unspecified atom stereocenters. The average Bonchev–Trinajstić information content (AvgIpc) is 2.45.